The molecule has 0 amide bonds. The Kier molecular flexibility index (Phi) is 6.63. The van der Waals surface area contributed by atoms with Crippen LogP contribution < -0.4 is 26.2 Å². The van der Waals surface area contributed by atoms with Crippen molar-refractivity contribution >= 4 is 57.2 Å². The van der Waals surface area contributed by atoms with Gasteiger partial charge in [0.15, 0.2) is 0 Å². The van der Waals surface area contributed by atoms with E-state index in [2.05, 4.69) is 128 Å². The molecule has 2 aliphatic heterocycles. The molecule has 4 saturated carbocycles. The Bertz CT molecular complexity index is 2210. The summed E-state index contributed by atoms with van der Waals surface area (Å²) in [5, 5.41) is 0. The number of nitrogens with zero attached hydrogens (tertiary/aromatic N) is 2. The molecule has 0 N–H and O–H groups in total. The van der Waals surface area contributed by atoms with Crippen LogP contribution in [-0.2, 0) is 0 Å². The maximum Gasteiger partial charge on any atom is 0.252 e. The van der Waals surface area contributed by atoms with Crippen molar-refractivity contribution in [3.05, 3.63) is 124 Å². The molecule has 4 bridgehead atoms. The van der Waals surface area contributed by atoms with Crippen LogP contribution in [0.15, 0.2) is 91.0 Å². The molecule has 51 heavy (non-hydrogen) atoms. The molecule has 0 spiro atoms. The van der Waals surface area contributed by atoms with E-state index < -0.39 is 0 Å². The lowest BCUT2D eigenvalue weighted by molar-refractivity contribution is 0.420. The zero-order valence-electron chi connectivity index (χ0n) is 30.8. The van der Waals surface area contributed by atoms with Crippen molar-refractivity contribution in [2.75, 3.05) is 9.80 Å². The van der Waals surface area contributed by atoms with E-state index in [4.69, 9.17) is 0 Å². The molecule has 6 aliphatic rings. The third-order valence-corrected chi connectivity index (χ3v) is 14.3. The van der Waals surface area contributed by atoms with Crippen LogP contribution in [0.3, 0.4) is 0 Å². The highest BCUT2D eigenvalue weighted by Gasteiger charge is 2.46. The fourth-order valence-electron chi connectivity index (χ4n) is 12.3. The number of hydrogen-bond acceptors (Lipinski definition) is 2. The minimum atomic E-state index is 0.187. The van der Waals surface area contributed by atoms with Crippen molar-refractivity contribution in [2.24, 2.45) is 23.7 Å². The normalized spacial score (nSPS) is 26.5. The van der Waals surface area contributed by atoms with Gasteiger partial charge in [-0.05, 0) is 200 Å². The molecule has 3 heteroatoms. The predicted octanol–water partition coefficient (Wildman–Crippen LogP) is 10.8. The Balaban J connectivity index is 1.14. The van der Waals surface area contributed by atoms with Gasteiger partial charge in [-0.15, -0.1) is 0 Å². The van der Waals surface area contributed by atoms with Crippen molar-refractivity contribution in [2.45, 2.75) is 90.9 Å². The van der Waals surface area contributed by atoms with Crippen molar-refractivity contribution in [1.29, 1.82) is 0 Å². The van der Waals surface area contributed by atoms with E-state index in [1.807, 2.05) is 0 Å². The molecule has 2 heterocycles. The summed E-state index contributed by atoms with van der Waals surface area (Å²) in [7, 11) is 0. The fraction of sp³-hybridized carbons (Fsp3) is 0.375. The van der Waals surface area contributed by atoms with E-state index in [1.165, 1.54) is 124 Å². The van der Waals surface area contributed by atoms with Crippen LogP contribution in [0.2, 0.25) is 0 Å². The van der Waals surface area contributed by atoms with Crippen LogP contribution in [0.4, 0.5) is 34.1 Å². The van der Waals surface area contributed by atoms with Crippen LogP contribution in [-0.4, -0.2) is 6.71 Å². The Labute approximate surface area is 305 Å². The number of anilines is 6. The highest BCUT2D eigenvalue weighted by Crippen LogP contribution is 2.55. The zero-order chi connectivity index (χ0) is 34.1. The molecule has 0 saturated heterocycles. The first-order chi connectivity index (χ1) is 24.9. The first kappa shape index (κ1) is 30.4. The van der Waals surface area contributed by atoms with E-state index in [0.29, 0.717) is 5.92 Å². The van der Waals surface area contributed by atoms with Gasteiger partial charge < -0.3 is 9.80 Å². The van der Waals surface area contributed by atoms with E-state index >= 15 is 0 Å². The van der Waals surface area contributed by atoms with Gasteiger partial charge in [0.2, 0.25) is 0 Å². The molecule has 2 nitrogen and oxygen atoms in total. The summed E-state index contributed by atoms with van der Waals surface area (Å²) in [6.07, 6.45) is 11.4. The van der Waals surface area contributed by atoms with Gasteiger partial charge in [0.25, 0.3) is 6.71 Å². The standard InChI is InChI=1S/C48H49BN2/c1-28-5-15-42-45(20-28)51(39-18-29(2)17-30(3)19-39)47-22-31(4)21-46-48(47)49(42)43-27-37(41-26-33-7-9-36(41)24-33)12-16-44(43)50(46)38-13-10-34(11-14-38)40-25-32-6-8-35(40)23-32/h5,10-22,27,32-33,35-36,40-41H,6-9,23-26H2,1-4H3. The summed E-state index contributed by atoms with van der Waals surface area (Å²) < 4.78 is 0. The molecule has 6 unspecified atom stereocenters. The second-order valence-electron chi connectivity index (χ2n) is 17.7. The zero-order valence-corrected chi connectivity index (χ0v) is 30.8. The van der Waals surface area contributed by atoms with Crippen molar-refractivity contribution in [1.82, 2.24) is 0 Å². The number of benzene rings is 5. The highest BCUT2D eigenvalue weighted by atomic mass is 15.2. The monoisotopic (exact) mass is 664 g/mol. The molecule has 5 aromatic carbocycles. The molecular weight excluding hydrogens is 615 g/mol. The Morgan fingerprint density at radius 3 is 1.67 bits per heavy atom. The number of rotatable bonds is 4. The van der Waals surface area contributed by atoms with Gasteiger partial charge in [0.05, 0.1) is 0 Å². The SMILES string of the molecule is Cc1cc(C)cc(N2c3cc(C)ccc3B3c4cc(C5CC6CCC5C6)ccc4N(c4ccc(C5CC6CCC5C6)cc4)c4cc(C)cc2c43)c1. The summed E-state index contributed by atoms with van der Waals surface area (Å²) in [6.45, 7) is 9.21. The van der Waals surface area contributed by atoms with Gasteiger partial charge in [0, 0.05) is 34.1 Å². The van der Waals surface area contributed by atoms with Gasteiger partial charge in [-0.1, -0.05) is 55.3 Å². The summed E-state index contributed by atoms with van der Waals surface area (Å²) in [5.41, 5.74) is 20.6. The molecule has 0 aromatic heterocycles. The van der Waals surface area contributed by atoms with Crippen LogP contribution in [0, 0.1) is 51.4 Å². The van der Waals surface area contributed by atoms with Crippen molar-refractivity contribution < 1.29 is 0 Å². The third-order valence-electron chi connectivity index (χ3n) is 14.3. The lowest BCUT2D eigenvalue weighted by Gasteiger charge is -2.45. The van der Waals surface area contributed by atoms with Crippen LogP contribution >= 0.6 is 0 Å². The maximum atomic E-state index is 2.67. The van der Waals surface area contributed by atoms with Crippen LogP contribution in [0.1, 0.15) is 96.6 Å². The van der Waals surface area contributed by atoms with Gasteiger partial charge in [-0.3, -0.25) is 0 Å². The fourth-order valence-corrected chi connectivity index (χ4v) is 12.3. The largest absolute Gasteiger partial charge is 0.311 e. The average Bonchev–Trinajstić information content (AvgIpc) is 3.95. The molecule has 6 atom stereocenters. The Morgan fingerprint density at radius 1 is 0.451 bits per heavy atom. The first-order valence-electron chi connectivity index (χ1n) is 20.0. The Hall–Kier alpha value is -4.24. The second-order valence-corrected chi connectivity index (χ2v) is 17.7. The molecule has 254 valence electrons. The topological polar surface area (TPSA) is 6.48 Å². The van der Waals surface area contributed by atoms with Crippen LogP contribution in [0.25, 0.3) is 0 Å². The van der Waals surface area contributed by atoms with Gasteiger partial charge in [-0.25, -0.2) is 0 Å². The molecule has 4 fully saturated rings. The van der Waals surface area contributed by atoms with Gasteiger partial charge in [-0.2, -0.15) is 0 Å². The third kappa shape index (κ3) is 4.62. The summed E-state index contributed by atoms with van der Waals surface area (Å²) in [4.78, 5) is 5.22. The summed E-state index contributed by atoms with van der Waals surface area (Å²) in [5.74, 6) is 5.10. The van der Waals surface area contributed by atoms with Gasteiger partial charge in [0.1, 0.15) is 0 Å². The van der Waals surface area contributed by atoms with Crippen molar-refractivity contribution in [3.63, 3.8) is 0 Å². The number of fused-ring (bicyclic) bond motifs is 8. The molecule has 0 radical (unpaired) electrons. The second kappa shape index (κ2) is 11.1. The Morgan fingerprint density at radius 2 is 1.04 bits per heavy atom. The molecule has 4 aliphatic carbocycles. The number of aryl methyl sites for hydroxylation is 4. The predicted molar refractivity (Wildman–Crippen MR) is 216 cm³/mol. The lowest BCUT2D eigenvalue weighted by atomic mass is 9.33. The lowest BCUT2D eigenvalue weighted by Crippen LogP contribution is -2.61. The minimum absolute atomic E-state index is 0.187. The first-order valence-corrected chi connectivity index (χ1v) is 20.0. The molecule has 5 aromatic rings. The van der Waals surface area contributed by atoms with Crippen LogP contribution in [0.5, 0.6) is 0 Å². The average molecular weight is 665 g/mol. The minimum Gasteiger partial charge on any atom is -0.311 e. The summed E-state index contributed by atoms with van der Waals surface area (Å²) >= 11 is 0. The maximum absolute atomic E-state index is 2.67. The highest BCUT2D eigenvalue weighted by molar-refractivity contribution is 7.00. The quantitative estimate of drug-likeness (QED) is 0.173. The molecule has 11 rings (SSSR count). The number of hydrogen-bond donors (Lipinski definition) is 0. The van der Waals surface area contributed by atoms with Gasteiger partial charge >= 0.3 is 0 Å². The molecular formula is C48H49BN2. The smallest absolute Gasteiger partial charge is 0.252 e. The van der Waals surface area contributed by atoms with E-state index in [1.54, 1.807) is 11.1 Å². The van der Waals surface area contributed by atoms with E-state index in [0.717, 1.165) is 29.6 Å². The summed E-state index contributed by atoms with van der Waals surface area (Å²) in [6, 6.07) is 36.8. The van der Waals surface area contributed by atoms with Crippen molar-refractivity contribution in [3.8, 4) is 0 Å². The van der Waals surface area contributed by atoms with E-state index in [-0.39, 0.29) is 6.71 Å². The van der Waals surface area contributed by atoms with E-state index in [9.17, 15) is 0 Å².